The lowest BCUT2D eigenvalue weighted by atomic mass is 9.77. The van der Waals surface area contributed by atoms with E-state index in [1.54, 1.807) is 0 Å². The van der Waals surface area contributed by atoms with Gasteiger partial charge in [-0.3, -0.25) is 9.80 Å². The fraction of sp³-hybridized carbons (Fsp3) is 1.00. The lowest BCUT2D eigenvalue weighted by Gasteiger charge is -2.52. The van der Waals surface area contributed by atoms with E-state index in [2.05, 4.69) is 37.5 Å². The molecule has 5 saturated carbocycles. The number of hydrogen-bond donors (Lipinski definition) is 0. The maximum absolute atomic E-state index is 3.20. The van der Waals surface area contributed by atoms with Gasteiger partial charge in [-0.15, -0.1) is 0 Å². The van der Waals surface area contributed by atoms with Gasteiger partial charge in [0, 0.05) is 36.3 Å². The molecule has 0 amide bonds. The summed E-state index contributed by atoms with van der Waals surface area (Å²) in [6, 6.07) is 5.37. The molecular formula is C34H62N2. The lowest BCUT2D eigenvalue weighted by Crippen LogP contribution is -2.56. The second-order valence-corrected chi connectivity index (χ2v) is 15.0. The summed E-state index contributed by atoms with van der Waals surface area (Å²) in [7, 11) is 0. The zero-order chi connectivity index (χ0) is 25.1. The molecule has 5 fully saturated rings. The van der Waals surface area contributed by atoms with Crippen molar-refractivity contribution in [1.82, 2.24) is 9.80 Å². The van der Waals surface area contributed by atoms with Crippen molar-refractivity contribution in [2.45, 2.75) is 192 Å². The van der Waals surface area contributed by atoms with E-state index in [9.17, 15) is 0 Å². The summed E-state index contributed by atoms with van der Waals surface area (Å²) >= 11 is 0. The molecule has 0 heterocycles. The average Bonchev–Trinajstić information content (AvgIpc) is 2.90. The minimum Gasteiger partial charge on any atom is -0.294 e. The molecule has 0 atom stereocenters. The first kappa shape index (κ1) is 27.5. The van der Waals surface area contributed by atoms with Gasteiger partial charge in [0.05, 0.1) is 0 Å². The molecule has 0 aliphatic heterocycles. The van der Waals surface area contributed by atoms with Crippen molar-refractivity contribution in [3.63, 3.8) is 0 Å². The Morgan fingerprint density at radius 3 is 0.556 bits per heavy atom. The van der Waals surface area contributed by atoms with Gasteiger partial charge in [0.25, 0.3) is 0 Å². The topological polar surface area (TPSA) is 6.48 Å². The van der Waals surface area contributed by atoms with Crippen LogP contribution in [-0.2, 0) is 0 Å². The summed E-state index contributed by atoms with van der Waals surface area (Å²) in [6.45, 7) is 10.0. The highest BCUT2D eigenvalue weighted by molar-refractivity contribution is 4.96. The highest BCUT2D eigenvalue weighted by atomic mass is 15.2. The molecule has 0 aromatic heterocycles. The van der Waals surface area contributed by atoms with E-state index >= 15 is 0 Å². The quantitative estimate of drug-likeness (QED) is 0.360. The third kappa shape index (κ3) is 6.73. The SMILES string of the molecule is CC1CCC(N(C2CCC(C)CC2)C2CCC(N(C3CCC(C)CC3)C3CCC(C)CC3)CC2)CC1. The van der Waals surface area contributed by atoms with E-state index in [-0.39, 0.29) is 0 Å². The third-order valence-electron chi connectivity index (χ3n) is 12.1. The molecule has 5 aliphatic carbocycles. The molecule has 0 aromatic carbocycles. The van der Waals surface area contributed by atoms with Crippen molar-refractivity contribution in [3.05, 3.63) is 0 Å². The van der Waals surface area contributed by atoms with E-state index in [1.165, 1.54) is 128 Å². The highest BCUT2D eigenvalue weighted by Crippen LogP contribution is 2.42. The van der Waals surface area contributed by atoms with Crippen LogP contribution in [0.5, 0.6) is 0 Å². The minimum atomic E-state index is 0.887. The van der Waals surface area contributed by atoms with Crippen molar-refractivity contribution < 1.29 is 0 Å². The third-order valence-corrected chi connectivity index (χ3v) is 12.1. The molecule has 5 rings (SSSR count). The Balaban J connectivity index is 1.25. The molecule has 0 N–H and O–H groups in total. The fourth-order valence-corrected chi connectivity index (χ4v) is 9.61. The van der Waals surface area contributed by atoms with Gasteiger partial charge < -0.3 is 0 Å². The normalized spacial score (nSPS) is 45.2. The minimum absolute atomic E-state index is 0.887. The summed E-state index contributed by atoms with van der Waals surface area (Å²) in [5.41, 5.74) is 0. The van der Waals surface area contributed by atoms with Crippen LogP contribution in [0.2, 0.25) is 0 Å². The zero-order valence-corrected chi connectivity index (χ0v) is 24.8. The number of hydrogen-bond acceptors (Lipinski definition) is 2. The molecule has 0 saturated heterocycles. The van der Waals surface area contributed by atoms with Gasteiger partial charge in [-0.1, -0.05) is 27.7 Å². The van der Waals surface area contributed by atoms with E-state index in [4.69, 9.17) is 0 Å². The van der Waals surface area contributed by atoms with Gasteiger partial charge in [0.1, 0.15) is 0 Å². The number of nitrogens with zero attached hydrogens (tertiary/aromatic N) is 2. The van der Waals surface area contributed by atoms with Crippen LogP contribution in [0.1, 0.15) is 156 Å². The Morgan fingerprint density at radius 2 is 0.389 bits per heavy atom. The zero-order valence-electron chi connectivity index (χ0n) is 24.8. The maximum atomic E-state index is 3.20. The maximum Gasteiger partial charge on any atom is 0.0102 e. The molecule has 36 heavy (non-hydrogen) atoms. The summed E-state index contributed by atoms with van der Waals surface area (Å²) in [6.07, 6.45) is 29.7. The first-order valence-corrected chi connectivity index (χ1v) is 17.0. The van der Waals surface area contributed by atoms with E-state index in [1.807, 2.05) is 0 Å². The predicted molar refractivity (Wildman–Crippen MR) is 155 cm³/mol. The largest absolute Gasteiger partial charge is 0.294 e. The van der Waals surface area contributed by atoms with Crippen LogP contribution in [-0.4, -0.2) is 46.1 Å². The van der Waals surface area contributed by atoms with Gasteiger partial charge in [0.2, 0.25) is 0 Å². The molecule has 0 spiro atoms. The van der Waals surface area contributed by atoms with Gasteiger partial charge >= 0.3 is 0 Å². The monoisotopic (exact) mass is 498 g/mol. The van der Waals surface area contributed by atoms with Gasteiger partial charge in [-0.25, -0.2) is 0 Å². The van der Waals surface area contributed by atoms with Crippen molar-refractivity contribution in [2.75, 3.05) is 0 Å². The second-order valence-electron chi connectivity index (χ2n) is 15.0. The Bertz CT molecular complexity index is 522. The molecule has 0 radical (unpaired) electrons. The van der Waals surface area contributed by atoms with Gasteiger partial charge in [0.15, 0.2) is 0 Å². The van der Waals surface area contributed by atoms with Gasteiger partial charge in [-0.05, 0) is 152 Å². The molecule has 5 aliphatic rings. The average molecular weight is 499 g/mol. The van der Waals surface area contributed by atoms with Crippen LogP contribution in [0.4, 0.5) is 0 Å². The molecule has 2 nitrogen and oxygen atoms in total. The van der Waals surface area contributed by atoms with E-state index in [0.29, 0.717) is 0 Å². The van der Waals surface area contributed by atoms with E-state index in [0.717, 1.165) is 59.9 Å². The molecule has 2 heteroatoms. The predicted octanol–water partition coefficient (Wildman–Crippen LogP) is 9.22. The summed E-state index contributed by atoms with van der Waals surface area (Å²) in [5, 5.41) is 0. The van der Waals surface area contributed by atoms with Crippen LogP contribution in [0, 0.1) is 23.7 Å². The Kier molecular flexibility index (Phi) is 9.81. The molecule has 208 valence electrons. The van der Waals surface area contributed by atoms with Crippen LogP contribution in [0.3, 0.4) is 0 Å². The molecular weight excluding hydrogens is 436 g/mol. The van der Waals surface area contributed by atoms with Crippen molar-refractivity contribution in [1.29, 1.82) is 0 Å². The Morgan fingerprint density at radius 1 is 0.250 bits per heavy atom. The smallest absolute Gasteiger partial charge is 0.0102 e. The highest BCUT2D eigenvalue weighted by Gasteiger charge is 2.41. The van der Waals surface area contributed by atoms with Gasteiger partial charge in [-0.2, -0.15) is 0 Å². The first-order chi connectivity index (χ1) is 17.5. The van der Waals surface area contributed by atoms with Crippen LogP contribution < -0.4 is 0 Å². The molecule has 0 aromatic rings. The fourth-order valence-electron chi connectivity index (χ4n) is 9.61. The Labute approximate surface area is 225 Å². The van der Waals surface area contributed by atoms with Crippen LogP contribution in [0.25, 0.3) is 0 Å². The van der Waals surface area contributed by atoms with Crippen LogP contribution in [0.15, 0.2) is 0 Å². The standard InChI is InChI=1S/C34H62N2/c1-25-5-13-29(14-6-25)35(30-15-7-26(2)8-16-30)33-21-23-34(24-22-33)36(31-17-9-27(3)10-18-31)32-19-11-28(4)12-20-32/h25-34H,5-24H2,1-4H3. The second kappa shape index (κ2) is 12.8. The number of rotatable bonds is 6. The first-order valence-electron chi connectivity index (χ1n) is 17.0. The van der Waals surface area contributed by atoms with Crippen molar-refractivity contribution >= 4 is 0 Å². The summed E-state index contributed by atoms with van der Waals surface area (Å²) < 4.78 is 0. The summed E-state index contributed by atoms with van der Waals surface area (Å²) in [4.78, 5) is 6.39. The van der Waals surface area contributed by atoms with Crippen molar-refractivity contribution in [3.8, 4) is 0 Å². The van der Waals surface area contributed by atoms with Crippen LogP contribution >= 0.6 is 0 Å². The molecule has 0 bridgehead atoms. The summed E-state index contributed by atoms with van der Waals surface area (Å²) in [5.74, 6) is 3.87. The lowest BCUT2D eigenvalue weighted by molar-refractivity contribution is -0.0256. The van der Waals surface area contributed by atoms with E-state index < -0.39 is 0 Å². The Hall–Kier alpha value is -0.0800. The molecule has 0 unspecified atom stereocenters. The van der Waals surface area contributed by atoms with Crippen molar-refractivity contribution in [2.24, 2.45) is 23.7 Å².